The summed E-state index contributed by atoms with van der Waals surface area (Å²) >= 11 is 0.740. The average molecular weight is 280 g/mol. The van der Waals surface area contributed by atoms with Gasteiger partial charge in [-0.25, -0.2) is 9.18 Å². The zero-order valence-corrected chi connectivity index (χ0v) is 10.6. The number of carbonyl (C=O) groups excluding carboxylic acids is 1. The SMILES string of the molecule is CC(=O)Nc1c(-c2cccc(F)c2)nsc1C(=O)O. The van der Waals surface area contributed by atoms with Crippen molar-refractivity contribution < 1.29 is 19.1 Å². The maximum Gasteiger partial charge on any atom is 0.349 e. The van der Waals surface area contributed by atoms with Gasteiger partial charge in [0.2, 0.25) is 5.91 Å². The van der Waals surface area contributed by atoms with Crippen molar-refractivity contribution in [2.45, 2.75) is 6.92 Å². The lowest BCUT2D eigenvalue weighted by Crippen LogP contribution is -2.09. The maximum absolute atomic E-state index is 13.2. The zero-order valence-electron chi connectivity index (χ0n) is 9.81. The van der Waals surface area contributed by atoms with Crippen molar-refractivity contribution in [3.05, 3.63) is 35.0 Å². The Bertz CT molecular complexity index is 654. The number of halogens is 1. The van der Waals surface area contributed by atoms with Crippen LogP contribution in [0.2, 0.25) is 0 Å². The van der Waals surface area contributed by atoms with Gasteiger partial charge in [0, 0.05) is 12.5 Å². The third-order valence-electron chi connectivity index (χ3n) is 2.29. The highest BCUT2D eigenvalue weighted by Gasteiger charge is 2.21. The molecule has 0 aliphatic carbocycles. The monoisotopic (exact) mass is 280 g/mol. The van der Waals surface area contributed by atoms with Crippen LogP contribution in [-0.4, -0.2) is 21.4 Å². The summed E-state index contributed by atoms with van der Waals surface area (Å²) in [6, 6.07) is 5.58. The lowest BCUT2D eigenvalue weighted by Gasteiger charge is -2.04. The first-order valence-electron chi connectivity index (χ1n) is 5.25. The van der Waals surface area contributed by atoms with Gasteiger partial charge in [-0.1, -0.05) is 12.1 Å². The van der Waals surface area contributed by atoms with Crippen molar-refractivity contribution in [2.24, 2.45) is 0 Å². The molecule has 0 saturated carbocycles. The van der Waals surface area contributed by atoms with E-state index in [4.69, 9.17) is 5.11 Å². The fourth-order valence-electron chi connectivity index (χ4n) is 1.56. The lowest BCUT2D eigenvalue weighted by atomic mass is 10.1. The van der Waals surface area contributed by atoms with Crippen LogP contribution in [0.1, 0.15) is 16.6 Å². The van der Waals surface area contributed by atoms with E-state index in [1.165, 1.54) is 25.1 Å². The summed E-state index contributed by atoms with van der Waals surface area (Å²) in [6.07, 6.45) is 0. The summed E-state index contributed by atoms with van der Waals surface area (Å²) in [7, 11) is 0. The van der Waals surface area contributed by atoms with Gasteiger partial charge in [-0.15, -0.1) is 0 Å². The van der Waals surface area contributed by atoms with Crippen LogP contribution in [0.5, 0.6) is 0 Å². The number of rotatable bonds is 3. The second-order valence-corrected chi connectivity index (χ2v) is 4.51. The minimum atomic E-state index is -1.19. The maximum atomic E-state index is 13.2. The number of benzene rings is 1. The number of carbonyl (C=O) groups is 2. The van der Waals surface area contributed by atoms with Gasteiger partial charge in [0.05, 0.1) is 5.69 Å². The van der Waals surface area contributed by atoms with Crippen LogP contribution in [0.4, 0.5) is 10.1 Å². The highest BCUT2D eigenvalue weighted by Crippen LogP contribution is 2.33. The molecule has 0 radical (unpaired) electrons. The Kier molecular flexibility index (Phi) is 3.57. The summed E-state index contributed by atoms with van der Waals surface area (Å²) in [6.45, 7) is 1.26. The van der Waals surface area contributed by atoms with Crippen LogP contribution in [0, 0.1) is 5.82 Å². The molecule has 1 heterocycles. The van der Waals surface area contributed by atoms with Crippen molar-refractivity contribution in [1.82, 2.24) is 4.37 Å². The van der Waals surface area contributed by atoms with E-state index < -0.39 is 17.7 Å². The number of nitrogens with zero attached hydrogens (tertiary/aromatic N) is 1. The molecule has 0 atom stereocenters. The Morgan fingerprint density at radius 2 is 2.16 bits per heavy atom. The van der Waals surface area contributed by atoms with Crippen molar-refractivity contribution in [2.75, 3.05) is 5.32 Å². The zero-order chi connectivity index (χ0) is 14.0. The number of hydrogen-bond donors (Lipinski definition) is 2. The molecule has 2 aromatic rings. The Morgan fingerprint density at radius 1 is 1.42 bits per heavy atom. The highest BCUT2D eigenvalue weighted by atomic mass is 32.1. The number of aromatic carboxylic acids is 1. The molecular weight excluding hydrogens is 271 g/mol. The summed E-state index contributed by atoms with van der Waals surface area (Å²) < 4.78 is 17.2. The molecule has 0 bridgehead atoms. The Hall–Kier alpha value is -2.28. The lowest BCUT2D eigenvalue weighted by molar-refractivity contribution is -0.114. The second-order valence-electron chi connectivity index (χ2n) is 3.73. The first kappa shape index (κ1) is 13.2. The third kappa shape index (κ3) is 2.76. The van der Waals surface area contributed by atoms with Crippen LogP contribution in [0.3, 0.4) is 0 Å². The molecule has 0 spiro atoms. The summed E-state index contributed by atoms with van der Waals surface area (Å²) in [4.78, 5) is 22.1. The van der Waals surface area contributed by atoms with E-state index in [-0.39, 0.29) is 16.3 Å². The van der Waals surface area contributed by atoms with Gasteiger partial charge in [-0.2, -0.15) is 4.37 Å². The van der Waals surface area contributed by atoms with Crippen LogP contribution in [0.15, 0.2) is 24.3 Å². The van der Waals surface area contributed by atoms with Gasteiger partial charge >= 0.3 is 5.97 Å². The molecular formula is C12H9FN2O3S. The Balaban J connectivity index is 2.57. The average Bonchev–Trinajstić information content (AvgIpc) is 2.71. The molecule has 2 rings (SSSR count). The molecule has 0 saturated heterocycles. The number of carboxylic acid groups (broad SMARTS) is 1. The van der Waals surface area contributed by atoms with Gasteiger partial charge in [-0.3, -0.25) is 4.79 Å². The minimum absolute atomic E-state index is 0.0885. The number of hydrogen-bond acceptors (Lipinski definition) is 4. The molecule has 0 unspecified atom stereocenters. The molecule has 98 valence electrons. The van der Waals surface area contributed by atoms with Gasteiger partial charge < -0.3 is 10.4 Å². The summed E-state index contributed by atoms with van der Waals surface area (Å²) in [5.74, 6) is -2.07. The fourth-order valence-corrected chi connectivity index (χ4v) is 2.26. The smallest absolute Gasteiger partial charge is 0.349 e. The van der Waals surface area contributed by atoms with Crippen LogP contribution >= 0.6 is 11.5 Å². The Morgan fingerprint density at radius 3 is 2.74 bits per heavy atom. The quantitative estimate of drug-likeness (QED) is 0.905. The van der Waals surface area contributed by atoms with Crippen molar-refractivity contribution in [1.29, 1.82) is 0 Å². The first-order chi connectivity index (χ1) is 8.99. The van der Waals surface area contributed by atoms with Crippen LogP contribution in [-0.2, 0) is 4.79 Å². The van der Waals surface area contributed by atoms with E-state index in [0.717, 1.165) is 11.5 Å². The largest absolute Gasteiger partial charge is 0.477 e. The van der Waals surface area contributed by atoms with Gasteiger partial charge in [0.25, 0.3) is 0 Å². The van der Waals surface area contributed by atoms with E-state index >= 15 is 0 Å². The molecule has 0 aliphatic heterocycles. The molecule has 1 amide bonds. The molecule has 7 heteroatoms. The predicted molar refractivity (Wildman–Crippen MR) is 68.8 cm³/mol. The number of amides is 1. The van der Waals surface area contributed by atoms with Crippen molar-refractivity contribution in [3.63, 3.8) is 0 Å². The normalized spacial score (nSPS) is 10.2. The van der Waals surface area contributed by atoms with E-state index in [9.17, 15) is 14.0 Å². The van der Waals surface area contributed by atoms with Gasteiger partial charge in [0.15, 0.2) is 4.88 Å². The Labute approximate surface area is 111 Å². The van der Waals surface area contributed by atoms with E-state index in [2.05, 4.69) is 9.69 Å². The standard InChI is InChI=1S/C12H9FN2O3S/c1-6(16)14-10-9(15-19-11(10)12(17)18)7-3-2-4-8(13)5-7/h2-5H,1H3,(H,14,16)(H,17,18). The van der Waals surface area contributed by atoms with E-state index in [0.29, 0.717) is 5.56 Å². The summed E-state index contributed by atoms with van der Waals surface area (Å²) in [5, 5.41) is 11.5. The molecule has 2 N–H and O–H groups in total. The number of aromatic nitrogens is 1. The molecule has 19 heavy (non-hydrogen) atoms. The van der Waals surface area contributed by atoms with Gasteiger partial charge in [-0.05, 0) is 23.7 Å². The molecule has 0 fully saturated rings. The second kappa shape index (κ2) is 5.15. The molecule has 1 aromatic carbocycles. The fraction of sp³-hybridized carbons (Fsp3) is 0.0833. The van der Waals surface area contributed by atoms with Crippen LogP contribution in [0.25, 0.3) is 11.3 Å². The molecule has 1 aromatic heterocycles. The summed E-state index contributed by atoms with van der Waals surface area (Å²) in [5.41, 5.74) is 0.750. The minimum Gasteiger partial charge on any atom is -0.477 e. The highest BCUT2D eigenvalue weighted by molar-refractivity contribution is 7.09. The number of nitrogens with one attached hydrogen (secondary N) is 1. The number of carboxylic acids is 1. The molecule has 0 aliphatic rings. The van der Waals surface area contributed by atoms with Crippen molar-refractivity contribution >= 4 is 29.1 Å². The van der Waals surface area contributed by atoms with Crippen molar-refractivity contribution in [3.8, 4) is 11.3 Å². The topological polar surface area (TPSA) is 79.3 Å². The van der Waals surface area contributed by atoms with Gasteiger partial charge in [0.1, 0.15) is 11.5 Å². The predicted octanol–water partition coefficient (Wildman–Crippen LogP) is 2.61. The van der Waals surface area contributed by atoms with Crippen LogP contribution < -0.4 is 5.32 Å². The van der Waals surface area contributed by atoms with E-state index in [1.54, 1.807) is 6.07 Å². The number of anilines is 1. The third-order valence-corrected chi connectivity index (χ3v) is 3.12. The van der Waals surface area contributed by atoms with E-state index in [1.807, 2.05) is 0 Å². The molecule has 5 nitrogen and oxygen atoms in total. The first-order valence-corrected chi connectivity index (χ1v) is 6.03.